The third kappa shape index (κ3) is 3.66. The van der Waals surface area contributed by atoms with Gasteiger partial charge in [0.05, 0.1) is 0 Å². The van der Waals surface area contributed by atoms with Crippen LogP contribution in [0, 0.1) is 0 Å². The standard InChI is InChI=1S/C28H18N4O/c1-3-11-19(12-4-1)25-30-26(20-13-5-2-6-14-20)32-27(31-25)21-15-7-8-16-22(21)28-29-23-17-9-10-18-24(23)33-28/h1-18H. The summed E-state index contributed by atoms with van der Waals surface area (Å²) in [5, 5.41) is 0. The van der Waals surface area contributed by atoms with Crippen LogP contribution >= 0.6 is 0 Å². The summed E-state index contributed by atoms with van der Waals surface area (Å²) in [5.41, 5.74) is 5.08. The van der Waals surface area contributed by atoms with Crippen LogP contribution in [0.25, 0.3) is 56.7 Å². The van der Waals surface area contributed by atoms with Crippen molar-refractivity contribution in [2.45, 2.75) is 0 Å². The Morgan fingerprint density at radius 3 is 1.58 bits per heavy atom. The first-order valence-electron chi connectivity index (χ1n) is 10.7. The molecular weight excluding hydrogens is 408 g/mol. The van der Waals surface area contributed by atoms with Gasteiger partial charge in [0, 0.05) is 22.3 Å². The number of aromatic nitrogens is 4. The third-order valence-corrected chi connectivity index (χ3v) is 5.39. The molecule has 0 aliphatic heterocycles. The molecule has 0 aliphatic rings. The van der Waals surface area contributed by atoms with Gasteiger partial charge in [-0.05, 0) is 18.2 Å². The van der Waals surface area contributed by atoms with Gasteiger partial charge >= 0.3 is 0 Å². The number of fused-ring (bicyclic) bond motifs is 1. The molecule has 5 nitrogen and oxygen atoms in total. The lowest BCUT2D eigenvalue weighted by molar-refractivity contribution is 0.620. The van der Waals surface area contributed by atoms with E-state index in [0.29, 0.717) is 23.4 Å². The molecule has 0 saturated heterocycles. The number of hydrogen-bond donors (Lipinski definition) is 0. The maximum Gasteiger partial charge on any atom is 0.228 e. The Bertz CT molecular complexity index is 1470. The fraction of sp³-hybridized carbons (Fsp3) is 0. The summed E-state index contributed by atoms with van der Waals surface area (Å²) in [4.78, 5) is 19.2. The van der Waals surface area contributed by atoms with Gasteiger partial charge in [-0.3, -0.25) is 0 Å². The monoisotopic (exact) mass is 426 g/mol. The number of benzene rings is 4. The van der Waals surface area contributed by atoms with E-state index in [1.54, 1.807) is 0 Å². The number of hydrogen-bond acceptors (Lipinski definition) is 5. The van der Waals surface area contributed by atoms with Crippen molar-refractivity contribution in [2.24, 2.45) is 0 Å². The highest BCUT2D eigenvalue weighted by Gasteiger charge is 2.18. The van der Waals surface area contributed by atoms with E-state index in [9.17, 15) is 0 Å². The van der Waals surface area contributed by atoms with Crippen molar-refractivity contribution in [3.8, 4) is 45.6 Å². The Morgan fingerprint density at radius 2 is 0.939 bits per heavy atom. The Labute approximate surface area is 190 Å². The average molecular weight is 426 g/mol. The normalized spacial score (nSPS) is 11.0. The van der Waals surface area contributed by atoms with E-state index in [2.05, 4.69) is 0 Å². The molecule has 6 rings (SSSR count). The van der Waals surface area contributed by atoms with Gasteiger partial charge in [-0.25, -0.2) is 19.9 Å². The minimum absolute atomic E-state index is 0.537. The van der Waals surface area contributed by atoms with E-state index in [0.717, 1.165) is 33.4 Å². The van der Waals surface area contributed by atoms with Gasteiger partial charge in [-0.1, -0.05) is 91.0 Å². The van der Waals surface area contributed by atoms with E-state index in [1.165, 1.54) is 0 Å². The van der Waals surface area contributed by atoms with Crippen LogP contribution in [0.4, 0.5) is 0 Å². The quantitative estimate of drug-likeness (QED) is 0.314. The largest absolute Gasteiger partial charge is 0.436 e. The van der Waals surface area contributed by atoms with Crippen LogP contribution in [0.15, 0.2) is 114 Å². The van der Waals surface area contributed by atoms with Gasteiger partial charge in [-0.2, -0.15) is 0 Å². The van der Waals surface area contributed by atoms with Gasteiger partial charge in [-0.15, -0.1) is 0 Å². The van der Waals surface area contributed by atoms with E-state index in [4.69, 9.17) is 24.4 Å². The predicted octanol–water partition coefficient (Wildman–Crippen LogP) is 6.68. The van der Waals surface area contributed by atoms with Crippen molar-refractivity contribution in [1.82, 2.24) is 19.9 Å². The highest BCUT2D eigenvalue weighted by Crippen LogP contribution is 2.33. The molecule has 5 heteroatoms. The Balaban J connectivity index is 1.57. The number of para-hydroxylation sites is 2. The van der Waals surface area contributed by atoms with Crippen molar-refractivity contribution in [3.63, 3.8) is 0 Å². The molecule has 0 radical (unpaired) electrons. The molecule has 0 N–H and O–H groups in total. The van der Waals surface area contributed by atoms with Crippen LogP contribution in [-0.2, 0) is 0 Å². The SMILES string of the molecule is c1ccc(-c2nc(-c3ccccc3)nc(-c3ccccc3-c3nc4ccccc4o3)n2)cc1. The van der Waals surface area contributed by atoms with Crippen molar-refractivity contribution in [2.75, 3.05) is 0 Å². The zero-order valence-corrected chi connectivity index (χ0v) is 17.6. The summed E-state index contributed by atoms with van der Waals surface area (Å²) in [7, 11) is 0. The topological polar surface area (TPSA) is 64.7 Å². The highest BCUT2D eigenvalue weighted by molar-refractivity contribution is 5.82. The minimum Gasteiger partial charge on any atom is -0.436 e. The lowest BCUT2D eigenvalue weighted by Gasteiger charge is -2.10. The first-order valence-corrected chi connectivity index (χ1v) is 10.7. The second-order valence-corrected chi connectivity index (χ2v) is 7.57. The second kappa shape index (κ2) is 8.13. The number of oxazole rings is 1. The molecule has 0 aliphatic carbocycles. The molecule has 0 amide bonds. The third-order valence-electron chi connectivity index (χ3n) is 5.39. The summed E-state index contributed by atoms with van der Waals surface area (Å²) in [5.74, 6) is 2.34. The molecule has 0 bridgehead atoms. The van der Waals surface area contributed by atoms with Gasteiger partial charge < -0.3 is 4.42 Å². The van der Waals surface area contributed by atoms with Gasteiger partial charge in [0.25, 0.3) is 0 Å². The van der Waals surface area contributed by atoms with Crippen LogP contribution in [0.3, 0.4) is 0 Å². The predicted molar refractivity (Wildman–Crippen MR) is 129 cm³/mol. The van der Waals surface area contributed by atoms with Crippen LogP contribution < -0.4 is 0 Å². The maximum absolute atomic E-state index is 6.06. The van der Waals surface area contributed by atoms with Crippen molar-refractivity contribution in [3.05, 3.63) is 109 Å². The molecule has 0 spiro atoms. The van der Waals surface area contributed by atoms with E-state index >= 15 is 0 Å². The molecule has 0 saturated carbocycles. The molecular formula is C28H18N4O. The Kier molecular flexibility index (Phi) is 4.70. The summed E-state index contributed by atoms with van der Waals surface area (Å²) in [6, 6.07) is 35.5. The van der Waals surface area contributed by atoms with Crippen molar-refractivity contribution < 1.29 is 4.42 Å². The lowest BCUT2D eigenvalue weighted by atomic mass is 10.1. The molecule has 2 aromatic heterocycles. The zero-order chi connectivity index (χ0) is 22.0. The van der Waals surface area contributed by atoms with Gasteiger partial charge in [0.1, 0.15) is 5.52 Å². The molecule has 156 valence electrons. The van der Waals surface area contributed by atoms with Gasteiger partial charge in [0.2, 0.25) is 5.89 Å². The van der Waals surface area contributed by atoms with Crippen LogP contribution in [0.1, 0.15) is 0 Å². The number of rotatable bonds is 4. The highest BCUT2D eigenvalue weighted by atomic mass is 16.3. The van der Waals surface area contributed by atoms with Gasteiger partial charge in [0.15, 0.2) is 23.1 Å². The molecule has 4 aromatic carbocycles. The number of nitrogens with zero attached hydrogens (tertiary/aromatic N) is 4. The minimum atomic E-state index is 0.537. The molecule has 6 aromatic rings. The first-order chi connectivity index (χ1) is 16.3. The zero-order valence-electron chi connectivity index (χ0n) is 17.6. The molecule has 0 atom stereocenters. The van der Waals surface area contributed by atoms with Crippen LogP contribution in [0.2, 0.25) is 0 Å². The summed E-state index contributed by atoms with van der Waals surface area (Å²) < 4.78 is 6.06. The van der Waals surface area contributed by atoms with Crippen molar-refractivity contribution in [1.29, 1.82) is 0 Å². The lowest BCUT2D eigenvalue weighted by Crippen LogP contribution is -2.01. The van der Waals surface area contributed by atoms with Crippen molar-refractivity contribution >= 4 is 11.1 Å². The van der Waals surface area contributed by atoms with E-state index < -0.39 is 0 Å². The second-order valence-electron chi connectivity index (χ2n) is 7.57. The molecule has 2 heterocycles. The maximum atomic E-state index is 6.06. The Morgan fingerprint density at radius 1 is 0.424 bits per heavy atom. The summed E-state index contributed by atoms with van der Waals surface area (Å²) in [6.07, 6.45) is 0. The van der Waals surface area contributed by atoms with Crippen LogP contribution in [0.5, 0.6) is 0 Å². The van der Waals surface area contributed by atoms with Crippen LogP contribution in [-0.4, -0.2) is 19.9 Å². The molecule has 33 heavy (non-hydrogen) atoms. The molecule has 0 unspecified atom stereocenters. The van der Waals surface area contributed by atoms with E-state index in [1.807, 2.05) is 109 Å². The molecule has 0 fully saturated rings. The summed E-state index contributed by atoms with van der Waals surface area (Å²) in [6.45, 7) is 0. The Hall–Kier alpha value is -4.64. The smallest absolute Gasteiger partial charge is 0.228 e. The first kappa shape index (κ1) is 19.1. The summed E-state index contributed by atoms with van der Waals surface area (Å²) >= 11 is 0. The average Bonchev–Trinajstić information content (AvgIpc) is 3.34. The fourth-order valence-electron chi connectivity index (χ4n) is 3.78. The fourth-order valence-corrected chi connectivity index (χ4v) is 3.78. The van der Waals surface area contributed by atoms with E-state index in [-0.39, 0.29) is 0 Å².